The SMILES string of the molecule is CCOc1ccc(Cl)cc1C(=O)CCC(C)(C)CC(=O)Nc1c(CCN(C)CCF)n(C)n(-c2ccccc2)c1=O. The molecule has 2 aromatic carbocycles. The number of para-hydroxylation sites is 1. The van der Waals surface area contributed by atoms with Crippen molar-refractivity contribution in [2.45, 2.75) is 46.5 Å². The van der Waals surface area contributed by atoms with Crippen LogP contribution in [0.1, 0.15) is 56.1 Å². The first-order valence-corrected chi connectivity index (χ1v) is 14.2. The van der Waals surface area contributed by atoms with Crippen LogP contribution in [0.2, 0.25) is 5.02 Å². The molecule has 0 unspecified atom stereocenters. The minimum Gasteiger partial charge on any atom is -0.493 e. The molecule has 0 aliphatic rings. The highest BCUT2D eigenvalue weighted by molar-refractivity contribution is 6.31. The van der Waals surface area contributed by atoms with E-state index in [2.05, 4.69) is 5.32 Å². The molecular formula is C31H40ClFN4O4. The number of alkyl halides is 1. The van der Waals surface area contributed by atoms with Gasteiger partial charge in [-0.25, -0.2) is 9.07 Å². The molecule has 0 aliphatic heterocycles. The molecule has 8 nitrogen and oxygen atoms in total. The highest BCUT2D eigenvalue weighted by Crippen LogP contribution is 2.31. The van der Waals surface area contributed by atoms with E-state index < -0.39 is 12.1 Å². The number of carbonyl (C=O) groups excluding carboxylic acids is 2. The lowest BCUT2D eigenvalue weighted by molar-refractivity contribution is -0.118. The van der Waals surface area contributed by atoms with Gasteiger partial charge in [-0.15, -0.1) is 0 Å². The van der Waals surface area contributed by atoms with Crippen molar-refractivity contribution in [3.8, 4) is 11.4 Å². The van der Waals surface area contributed by atoms with Gasteiger partial charge in [-0.2, -0.15) is 0 Å². The molecule has 10 heteroatoms. The standard InChI is InChI=1S/C31H40ClFN4O4/c1-6-41-27-13-12-22(32)20-24(27)26(38)14-16-31(2,3)21-28(39)34-29-25(15-18-35(4)19-17-33)36(5)37(30(29)40)23-10-8-7-9-11-23/h7-13,20H,6,14-19,21H2,1-5H3,(H,34,39). The van der Waals surface area contributed by atoms with E-state index in [-0.39, 0.29) is 42.3 Å². The molecule has 0 spiro atoms. The van der Waals surface area contributed by atoms with Crippen LogP contribution in [-0.4, -0.2) is 59.4 Å². The summed E-state index contributed by atoms with van der Waals surface area (Å²) in [7, 11) is 3.59. The zero-order valence-electron chi connectivity index (χ0n) is 24.5. The Labute approximate surface area is 246 Å². The van der Waals surface area contributed by atoms with Crippen LogP contribution in [0.5, 0.6) is 5.75 Å². The Morgan fingerprint density at radius 3 is 2.49 bits per heavy atom. The van der Waals surface area contributed by atoms with Gasteiger partial charge < -0.3 is 15.0 Å². The van der Waals surface area contributed by atoms with Crippen LogP contribution in [0, 0.1) is 5.41 Å². The predicted molar refractivity (Wildman–Crippen MR) is 161 cm³/mol. The van der Waals surface area contributed by atoms with Crippen LogP contribution in [-0.2, 0) is 18.3 Å². The number of nitrogens with zero attached hydrogens (tertiary/aromatic N) is 3. The van der Waals surface area contributed by atoms with Gasteiger partial charge in [0.2, 0.25) is 5.91 Å². The number of aromatic nitrogens is 2. The lowest BCUT2D eigenvalue weighted by Gasteiger charge is -2.24. The van der Waals surface area contributed by atoms with Crippen LogP contribution in [0.15, 0.2) is 53.3 Å². The van der Waals surface area contributed by atoms with Gasteiger partial charge in [-0.05, 0) is 56.1 Å². The maximum atomic E-state index is 13.6. The number of ether oxygens (including phenoxy) is 1. The Kier molecular flexibility index (Phi) is 11.3. The van der Waals surface area contributed by atoms with E-state index in [1.54, 1.807) is 29.9 Å². The van der Waals surface area contributed by atoms with E-state index in [4.69, 9.17) is 16.3 Å². The molecule has 0 bridgehead atoms. The maximum Gasteiger partial charge on any atom is 0.295 e. The summed E-state index contributed by atoms with van der Waals surface area (Å²) in [6.45, 7) is 6.43. The monoisotopic (exact) mass is 586 g/mol. The molecule has 222 valence electrons. The van der Waals surface area contributed by atoms with Crippen LogP contribution >= 0.6 is 11.6 Å². The van der Waals surface area contributed by atoms with Crippen LogP contribution in [0.25, 0.3) is 5.69 Å². The van der Waals surface area contributed by atoms with Crippen LogP contribution < -0.4 is 15.6 Å². The van der Waals surface area contributed by atoms with Crippen molar-refractivity contribution in [1.82, 2.24) is 14.3 Å². The summed E-state index contributed by atoms with van der Waals surface area (Å²) < 4.78 is 21.7. The Bertz CT molecular complexity index is 1400. The molecule has 0 saturated heterocycles. The minimum atomic E-state index is -0.529. The zero-order valence-corrected chi connectivity index (χ0v) is 25.3. The molecule has 41 heavy (non-hydrogen) atoms. The van der Waals surface area contributed by atoms with Crippen molar-refractivity contribution in [3.05, 3.63) is 75.2 Å². The normalized spacial score (nSPS) is 11.6. The number of Topliss-reactive ketones (excluding diaryl/α,β-unsaturated/α-hetero) is 1. The molecule has 1 aromatic heterocycles. The average Bonchev–Trinajstić information content (AvgIpc) is 3.15. The molecule has 0 atom stereocenters. The van der Waals surface area contributed by atoms with Gasteiger partial charge in [0.25, 0.3) is 5.56 Å². The molecule has 1 heterocycles. The van der Waals surface area contributed by atoms with Crippen molar-refractivity contribution in [2.75, 3.05) is 38.7 Å². The lowest BCUT2D eigenvalue weighted by atomic mass is 9.82. The smallest absolute Gasteiger partial charge is 0.295 e. The van der Waals surface area contributed by atoms with Gasteiger partial charge in [0.1, 0.15) is 18.1 Å². The lowest BCUT2D eigenvalue weighted by Crippen LogP contribution is -2.27. The number of anilines is 1. The van der Waals surface area contributed by atoms with Crippen molar-refractivity contribution in [1.29, 1.82) is 0 Å². The molecule has 0 radical (unpaired) electrons. The minimum absolute atomic E-state index is 0.106. The zero-order chi connectivity index (χ0) is 30.2. The second-order valence-corrected chi connectivity index (χ2v) is 11.4. The van der Waals surface area contributed by atoms with Gasteiger partial charge >= 0.3 is 0 Å². The third kappa shape index (κ3) is 8.53. The number of nitrogens with one attached hydrogen (secondary N) is 1. The van der Waals surface area contributed by atoms with Gasteiger partial charge in [-0.1, -0.05) is 43.6 Å². The number of halogens is 2. The summed E-state index contributed by atoms with van der Waals surface area (Å²) in [4.78, 5) is 41.7. The largest absolute Gasteiger partial charge is 0.493 e. The fraction of sp³-hybridized carbons (Fsp3) is 0.452. The number of benzene rings is 2. The Hall–Kier alpha value is -3.43. The summed E-state index contributed by atoms with van der Waals surface area (Å²) >= 11 is 6.12. The number of ketones is 1. The second kappa shape index (κ2) is 14.5. The van der Waals surface area contributed by atoms with E-state index in [1.165, 1.54) is 4.68 Å². The van der Waals surface area contributed by atoms with Gasteiger partial charge in [-0.3, -0.25) is 19.1 Å². The first-order valence-electron chi connectivity index (χ1n) is 13.8. The Morgan fingerprint density at radius 2 is 1.83 bits per heavy atom. The van der Waals surface area contributed by atoms with Crippen molar-refractivity contribution in [3.63, 3.8) is 0 Å². The number of rotatable bonds is 15. The van der Waals surface area contributed by atoms with Crippen molar-refractivity contribution in [2.24, 2.45) is 12.5 Å². The first-order chi connectivity index (χ1) is 19.5. The van der Waals surface area contributed by atoms with E-state index in [9.17, 15) is 18.8 Å². The molecule has 3 aromatic rings. The van der Waals surface area contributed by atoms with Crippen molar-refractivity contribution < 1.29 is 18.7 Å². The molecule has 3 rings (SSSR count). The third-order valence-electron chi connectivity index (χ3n) is 7.06. The summed E-state index contributed by atoms with van der Waals surface area (Å²) in [5, 5.41) is 3.32. The molecule has 0 saturated carbocycles. The highest BCUT2D eigenvalue weighted by atomic mass is 35.5. The average molecular weight is 587 g/mol. The van der Waals surface area contributed by atoms with Crippen LogP contribution in [0.4, 0.5) is 10.1 Å². The van der Waals surface area contributed by atoms with E-state index >= 15 is 0 Å². The fourth-order valence-corrected chi connectivity index (χ4v) is 4.94. The number of amides is 1. The van der Waals surface area contributed by atoms with Crippen molar-refractivity contribution >= 4 is 29.0 Å². The topological polar surface area (TPSA) is 85.6 Å². The Balaban J connectivity index is 1.77. The van der Waals surface area contributed by atoms with E-state index in [0.717, 1.165) is 0 Å². The van der Waals surface area contributed by atoms with Gasteiger partial charge in [0.15, 0.2) is 5.78 Å². The summed E-state index contributed by atoms with van der Waals surface area (Å²) in [6.07, 6.45) is 1.20. The summed E-state index contributed by atoms with van der Waals surface area (Å²) in [6, 6.07) is 14.2. The quantitative estimate of drug-likeness (QED) is 0.231. The molecule has 0 fully saturated rings. The van der Waals surface area contributed by atoms with E-state index in [1.807, 2.05) is 63.1 Å². The molecule has 1 N–H and O–H groups in total. The van der Waals surface area contributed by atoms with Gasteiger partial charge in [0.05, 0.1) is 23.6 Å². The first kappa shape index (κ1) is 32.1. The maximum absolute atomic E-state index is 13.6. The van der Waals surface area contributed by atoms with E-state index in [0.29, 0.717) is 53.7 Å². The number of likely N-dealkylation sites (N-methyl/N-ethyl adjacent to an activating group) is 1. The number of hydrogen-bond donors (Lipinski definition) is 1. The molecule has 0 aliphatic carbocycles. The predicted octanol–water partition coefficient (Wildman–Crippen LogP) is 5.69. The second-order valence-electron chi connectivity index (χ2n) is 10.9. The number of hydrogen-bond acceptors (Lipinski definition) is 5. The third-order valence-corrected chi connectivity index (χ3v) is 7.29. The summed E-state index contributed by atoms with van der Waals surface area (Å²) in [5.41, 5.74) is 1.08. The summed E-state index contributed by atoms with van der Waals surface area (Å²) in [5.74, 6) is 0.0559. The highest BCUT2D eigenvalue weighted by Gasteiger charge is 2.27. The van der Waals surface area contributed by atoms with Gasteiger partial charge in [0, 0.05) is 44.4 Å². The molecule has 1 amide bonds. The molecular weight excluding hydrogens is 547 g/mol. The van der Waals surface area contributed by atoms with Crippen LogP contribution in [0.3, 0.4) is 0 Å². The number of carbonyl (C=O) groups is 2. The fourth-order valence-electron chi connectivity index (χ4n) is 4.77. The Morgan fingerprint density at radius 1 is 1.12 bits per heavy atom.